The Morgan fingerprint density at radius 2 is 1.82 bits per heavy atom. The van der Waals surface area contributed by atoms with Crippen LogP contribution in [-0.2, 0) is 0 Å². The molecule has 0 spiro atoms. The molecule has 17 heavy (non-hydrogen) atoms. The maximum Gasteiger partial charge on any atom is 0.0910 e. The monoisotopic (exact) mass is 238 g/mol. The quantitative estimate of drug-likeness (QED) is 0.690. The maximum atomic E-state index is 10.6. The van der Waals surface area contributed by atoms with E-state index in [-0.39, 0.29) is 11.3 Å². The van der Waals surface area contributed by atoms with E-state index in [0.29, 0.717) is 5.92 Å². The van der Waals surface area contributed by atoms with Gasteiger partial charge in [-0.1, -0.05) is 19.1 Å². The van der Waals surface area contributed by atoms with Crippen molar-refractivity contribution in [1.29, 1.82) is 0 Å². The van der Waals surface area contributed by atoms with Crippen molar-refractivity contribution in [2.75, 3.05) is 0 Å². The van der Waals surface area contributed by atoms with Crippen molar-refractivity contribution in [2.24, 2.45) is 17.3 Å². The minimum atomic E-state index is -0.929. The van der Waals surface area contributed by atoms with E-state index in [1.165, 1.54) is 12.0 Å². The highest BCUT2D eigenvalue weighted by atomic mass is 16.3. The highest BCUT2D eigenvalue weighted by Crippen LogP contribution is 2.56. The second kappa shape index (κ2) is 4.10. The number of fused-ring (bicyclic) bond motifs is 1. The first-order valence-corrected chi connectivity index (χ1v) is 6.83. The Balaban J connectivity index is 2.25. The van der Waals surface area contributed by atoms with Gasteiger partial charge in [0.2, 0.25) is 0 Å². The van der Waals surface area contributed by atoms with Gasteiger partial charge in [-0.15, -0.1) is 0 Å². The van der Waals surface area contributed by atoms with Gasteiger partial charge in [-0.3, -0.25) is 0 Å². The zero-order valence-corrected chi connectivity index (χ0v) is 11.4. The summed E-state index contributed by atoms with van der Waals surface area (Å²) in [6.07, 6.45) is 4.53. The molecule has 0 aromatic heterocycles. The van der Waals surface area contributed by atoms with Gasteiger partial charge in [-0.05, 0) is 63.2 Å². The van der Waals surface area contributed by atoms with Crippen LogP contribution in [0, 0.1) is 17.3 Å². The third-order valence-corrected chi connectivity index (χ3v) is 5.49. The molecule has 2 rings (SSSR count). The molecule has 0 aliphatic heterocycles. The van der Waals surface area contributed by atoms with Crippen LogP contribution in [0.3, 0.4) is 0 Å². The van der Waals surface area contributed by atoms with Gasteiger partial charge in [0.1, 0.15) is 0 Å². The molecule has 2 aliphatic rings. The number of hydrogen-bond acceptors (Lipinski definition) is 2. The molecule has 2 saturated carbocycles. The smallest absolute Gasteiger partial charge is 0.0910 e. The fourth-order valence-corrected chi connectivity index (χ4v) is 4.05. The first-order valence-electron chi connectivity index (χ1n) is 6.83. The van der Waals surface area contributed by atoms with Crippen LogP contribution in [0.5, 0.6) is 0 Å². The van der Waals surface area contributed by atoms with Crippen LogP contribution >= 0.6 is 0 Å². The van der Waals surface area contributed by atoms with Crippen LogP contribution in [0.15, 0.2) is 12.2 Å². The predicted octanol–water partition coefficient (Wildman–Crippen LogP) is 2.89. The average molecular weight is 238 g/mol. The number of allylic oxidation sites excluding steroid dienone is 1. The fraction of sp³-hybridized carbons (Fsp3) is 0.867. The SMILES string of the molecule is C=C(C)C1CCC2(C)CCC(O)C(C)(O)C2C1. The van der Waals surface area contributed by atoms with E-state index in [1.54, 1.807) is 0 Å². The van der Waals surface area contributed by atoms with Crippen molar-refractivity contribution < 1.29 is 10.2 Å². The number of aliphatic hydroxyl groups is 2. The molecule has 2 fully saturated rings. The normalized spacial score (nSPS) is 50.8. The molecule has 0 aromatic carbocycles. The Morgan fingerprint density at radius 3 is 2.41 bits per heavy atom. The molecule has 98 valence electrons. The summed E-state index contributed by atoms with van der Waals surface area (Å²) in [7, 11) is 0. The van der Waals surface area contributed by atoms with Crippen LogP contribution in [0.2, 0.25) is 0 Å². The first kappa shape index (κ1) is 13.1. The van der Waals surface area contributed by atoms with Crippen molar-refractivity contribution in [3.8, 4) is 0 Å². The van der Waals surface area contributed by atoms with Gasteiger partial charge in [-0.25, -0.2) is 0 Å². The predicted molar refractivity (Wildman–Crippen MR) is 69.6 cm³/mol. The largest absolute Gasteiger partial charge is 0.390 e. The molecular formula is C15H26O2. The van der Waals surface area contributed by atoms with Crippen LogP contribution < -0.4 is 0 Å². The summed E-state index contributed by atoms with van der Waals surface area (Å²) in [4.78, 5) is 0. The summed E-state index contributed by atoms with van der Waals surface area (Å²) in [5, 5.41) is 20.7. The van der Waals surface area contributed by atoms with E-state index in [2.05, 4.69) is 20.4 Å². The van der Waals surface area contributed by atoms with Crippen molar-refractivity contribution in [2.45, 2.75) is 64.6 Å². The molecule has 0 bridgehead atoms. The van der Waals surface area contributed by atoms with E-state index in [0.717, 1.165) is 25.7 Å². The van der Waals surface area contributed by atoms with Gasteiger partial charge in [0.05, 0.1) is 11.7 Å². The van der Waals surface area contributed by atoms with Gasteiger partial charge >= 0.3 is 0 Å². The van der Waals surface area contributed by atoms with Crippen LogP contribution in [-0.4, -0.2) is 21.9 Å². The Hall–Kier alpha value is -0.340. The van der Waals surface area contributed by atoms with E-state index in [4.69, 9.17) is 0 Å². The van der Waals surface area contributed by atoms with Gasteiger partial charge in [0.15, 0.2) is 0 Å². The zero-order chi connectivity index (χ0) is 12.8. The molecule has 2 N–H and O–H groups in total. The van der Waals surface area contributed by atoms with E-state index in [9.17, 15) is 10.2 Å². The molecule has 2 nitrogen and oxygen atoms in total. The summed E-state index contributed by atoms with van der Waals surface area (Å²) in [5.74, 6) is 0.721. The first-order chi connectivity index (χ1) is 7.77. The van der Waals surface area contributed by atoms with Gasteiger partial charge in [0, 0.05) is 0 Å². The van der Waals surface area contributed by atoms with Crippen LogP contribution in [0.25, 0.3) is 0 Å². The number of rotatable bonds is 1. The van der Waals surface area contributed by atoms with Crippen molar-refractivity contribution in [3.63, 3.8) is 0 Å². The Morgan fingerprint density at radius 1 is 1.24 bits per heavy atom. The number of aliphatic hydroxyl groups excluding tert-OH is 1. The Bertz CT molecular complexity index is 316. The zero-order valence-electron chi connectivity index (χ0n) is 11.4. The molecule has 0 heterocycles. The Labute approximate surface area is 105 Å². The summed E-state index contributed by atoms with van der Waals surface area (Å²) in [6, 6.07) is 0. The van der Waals surface area contributed by atoms with Gasteiger partial charge < -0.3 is 10.2 Å². The number of hydrogen-bond donors (Lipinski definition) is 2. The highest BCUT2D eigenvalue weighted by molar-refractivity contribution is 5.09. The second-order valence-electron chi connectivity index (χ2n) is 6.80. The van der Waals surface area contributed by atoms with Crippen molar-refractivity contribution >= 4 is 0 Å². The second-order valence-corrected chi connectivity index (χ2v) is 6.80. The molecule has 2 heteroatoms. The fourth-order valence-electron chi connectivity index (χ4n) is 4.05. The Kier molecular flexibility index (Phi) is 3.16. The molecule has 0 radical (unpaired) electrons. The van der Waals surface area contributed by atoms with E-state index < -0.39 is 11.7 Å². The summed E-state index contributed by atoms with van der Waals surface area (Å²) < 4.78 is 0. The lowest BCUT2D eigenvalue weighted by atomic mass is 9.52. The van der Waals surface area contributed by atoms with Gasteiger partial charge in [0.25, 0.3) is 0 Å². The molecule has 0 saturated heterocycles. The topological polar surface area (TPSA) is 40.5 Å². The summed E-state index contributed by atoms with van der Waals surface area (Å²) >= 11 is 0. The molecular weight excluding hydrogens is 212 g/mol. The standard InChI is InChI=1S/C15H26O2/c1-10(2)11-5-7-14(3)8-6-13(16)15(4,17)12(14)9-11/h11-13,16-17H,1,5-9H2,2-4H3. The summed E-state index contributed by atoms with van der Waals surface area (Å²) in [5.41, 5.74) is 0.499. The lowest BCUT2D eigenvalue weighted by Gasteiger charge is -2.56. The maximum absolute atomic E-state index is 10.6. The van der Waals surface area contributed by atoms with Crippen LogP contribution in [0.1, 0.15) is 52.9 Å². The minimum Gasteiger partial charge on any atom is -0.390 e. The average Bonchev–Trinajstić information content (AvgIpc) is 2.24. The lowest BCUT2D eigenvalue weighted by molar-refractivity contribution is -0.182. The van der Waals surface area contributed by atoms with E-state index in [1.807, 2.05) is 6.92 Å². The summed E-state index contributed by atoms with van der Waals surface area (Å²) in [6.45, 7) is 10.3. The molecule has 0 amide bonds. The van der Waals surface area contributed by atoms with Crippen molar-refractivity contribution in [1.82, 2.24) is 0 Å². The molecule has 0 aromatic rings. The molecule has 5 atom stereocenters. The van der Waals surface area contributed by atoms with E-state index >= 15 is 0 Å². The van der Waals surface area contributed by atoms with Crippen molar-refractivity contribution in [3.05, 3.63) is 12.2 Å². The third kappa shape index (κ3) is 2.06. The highest BCUT2D eigenvalue weighted by Gasteiger charge is 2.54. The van der Waals surface area contributed by atoms with Gasteiger partial charge in [-0.2, -0.15) is 0 Å². The molecule has 2 aliphatic carbocycles. The minimum absolute atomic E-state index is 0.203. The molecule has 5 unspecified atom stereocenters. The van der Waals surface area contributed by atoms with Crippen LogP contribution in [0.4, 0.5) is 0 Å². The lowest BCUT2D eigenvalue weighted by Crippen LogP contribution is -2.58. The third-order valence-electron chi connectivity index (χ3n) is 5.49.